The van der Waals surface area contributed by atoms with Crippen molar-refractivity contribution in [3.05, 3.63) is 12.2 Å². The molecule has 9 heavy (non-hydrogen) atoms. The maximum atomic E-state index is 12.0. The summed E-state index contributed by atoms with van der Waals surface area (Å²) in [4.78, 5) is 0. The van der Waals surface area contributed by atoms with E-state index in [1.54, 1.807) is 0 Å². The maximum absolute atomic E-state index is 12.0. The van der Waals surface area contributed by atoms with E-state index in [9.17, 15) is 17.2 Å². The highest BCUT2D eigenvalue weighted by atomic mass is 32.2. The zero-order chi connectivity index (χ0) is 7.65. The summed E-state index contributed by atoms with van der Waals surface area (Å²) in [6.07, 6.45) is 0. The minimum absolute atomic E-state index is 0.654. The van der Waals surface area contributed by atoms with Crippen LogP contribution in [0.15, 0.2) is 12.2 Å². The number of rotatable bonds is 2. The highest BCUT2D eigenvalue weighted by Crippen LogP contribution is 2.22. The summed E-state index contributed by atoms with van der Waals surface area (Å²) in [6, 6.07) is 0. The van der Waals surface area contributed by atoms with Crippen molar-refractivity contribution < 1.29 is 17.2 Å². The van der Waals surface area contributed by atoms with E-state index >= 15 is 0 Å². The minimum atomic E-state index is -3.74. The average molecular weight is 156 g/mol. The second kappa shape index (κ2) is 2.43. The quantitative estimate of drug-likeness (QED) is 0.473. The fourth-order valence-corrected chi connectivity index (χ4v) is 0.468. The van der Waals surface area contributed by atoms with E-state index in [-0.39, 0.29) is 0 Å². The van der Waals surface area contributed by atoms with Gasteiger partial charge < -0.3 is 0 Å². The molecule has 0 aliphatic rings. The summed E-state index contributed by atoms with van der Waals surface area (Å²) in [7, 11) is -3.72. The van der Waals surface area contributed by atoms with Crippen LogP contribution in [-0.4, -0.2) is 13.7 Å². The Kier molecular flexibility index (Phi) is 2.31. The molecule has 0 amide bonds. The van der Waals surface area contributed by atoms with Gasteiger partial charge in [0.1, 0.15) is 0 Å². The molecule has 0 N–H and O–H groups in total. The lowest BCUT2D eigenvalue weighted by Crippen LogP contribution is -2.18. The maximum Gasteiger partial charge on any atom is 0.363 e. The monoisotopic (exact) mass is 156 g/mol. The molecule has 0 aromatic carbocycles. The summed E-state index contributed by atoms with van der Waals surface area (Å²) in [5.41, 5.74) is -0.654. The fourth-order valence-electron chi connectivity index (χ4n) is 0.156. The second-order valence-corrected chi connectivity index (χ2v) is 2.65. The Bertz CT molecular complexity index is 187. The first-order chi connectivity index (χ1) is 3.89. The largest absolute Gasteiger partial charge is 0.363 e. The van der Waals surface area contributed by atoms with Gasteiger partial charge in [0.2, 0.25) is 10.7 Å². The standard InChI is InChI=1S/C4H6F2O2S/c1-3(2)4(5,6)9(7)8/h9H,1H2,2H3. The van der Waals surface area contributed by atoms with Crippen LogP contribution in [0.25, 0.3) is 0 Å². The minimum Gasteiger partial charge on any atom is -0.225 e. The van der Waals surface area contributed by atoms with Gasteiger partial charge in [0.05, 0.1) is 0 Å². The molecule has 0 rings (SSSR count). The molecule has 0 heterocycles. The summed E-state index contributed by atoms with van der Waals surface area (Å²) >= 11 is 0. The van der Waals surface area contributed by atoms with Gasteiger partial charge in [-0.3, -0.25) is 0 Å². The van der Waals surface area contributed by atoms with Crippen LogP contribution < -0.4 is 0 Å². The number of halogens is 2. The third-order valence-electron chi connectivity index (χ3n) is 0.743. The van der Waals surface area contributed by atoms with Gasteiger partial charge in [-0.1, -0.05) is 6.58 Å². The zero-order valence-corrected chi connectivity index (χ0v) is 5.62. The smallest absolute Gasteiger partial charge is 0.225 e. The second-order valence-electron chi connectivity index (χ2n) is 1.58. The molecule has 0 fully saturated rings. The van der Waals surface area contributed by atoms with Crippen molar-refractivity contribution in [2.75, 3.05) is 0 Å². The average Bonchev–Trinajstić information content (AvgIpc) is 1.65. The zero-order valence-electron chi connectivity index (χ0n) is 4.73. The van der Waals surface area contributed by atoms with Gasteiger partial charge >= 0.3 is 5.25 Å². The van der Waals surface area contributed by atoms with Crippen LogP contribution in [0.1, 0.15) is 6.92 Å². The predicted molar refractivity (Wildman–Crippen MR) is 30.1 cm³/mol. The highest BCUT2D eigenvalue weighted by molar-refractivity contribution is 7.73. The first kappa shape index (κ1) is 8.55. The molecular formula is C4H6F2O2S. The number of alkyl halides is 2. The van der Waals surface area contributed by atoms with Crippen LogP contribution >= 0.6 is 0 Å². The molecule has 0 saturated carbocycles. The summed E-state index contributed by atoms with van der Waals surface area (Å²) in [5.74, 6) is 0. The number of hydrogen-bond acceptors (Lipinski definition) is 2. The van der Waals surface area contributed by atoms with Gasteiger partial charge in [-0.25, -0.2) is 8.42 Å². The van der Waals surface area contributed by atoms with Gasteiger partial charge in [0, 0.05) is 5.57 Å². The van der Waals surface area contributed by atoms with Crippen LogP contribution in [0.5, 0.6) is 0 Å². The number of thiol groups is 1. The van der Waals surface area contributed by atoms with E-state index in [0.717, 1.165) is 6.92 Å². The van der Waals surface area contributed by atoms with Crippen LogP contribution in [0.2, 0.25) is 0 Å². The van der Waals surface area contributed by atoms with E-state index in [0.29, 0.717) is 0 Å². The molecule has 0 bridgehead atoms. The molecule has 0 atom stereocenters. The van der Waals surface area contributed by atoms with Crippen LogP contribution in [0, 0.1) is 0 Å². The van der Waals surface area contributed by atoms with Crippen LogP contribution in [0.3, 0.4) is 0 Å². The third kappa shape index (κ3) is 1.74. The molecule has 0 spiro atoms. The molecule has 0 aliphatic carbocycles. The normalized spacial score (nSPS) is 12.0. The van der Waals surface area contributed by atoms with Crippen molar-refractivity contribution in [3.63, 3.8) is 0 Å². The van der Waals surface area contributed by atoms with E-state index in [1.165, 1.54) is 0 Å². The Morgan fingerprint density at radius 2 is 1.89 bits per heavy atom. The van der Waals surface area contributed by atoms with Crippen molar-refractivity contribution in [1.82, 2.24) is 0 Å². The lowest BCUT2D eigenvalue weighted by molar-refractivity contribution is 0.138. The topological polar surface area (TPSA) is 34.1 Å². The summed E-state index contributed by atoms with van der Waals surface area (Å²) in [6.45, 7) is 3.78. The molecule has 0 aromatic rings. The van der Waals surface area contributed by atoms with E-state index in [4.69, 9.17) is 0 Å². The van der Waals surface area contributed by atoms with Gasteiger partial charge in [-0.05, 0) is 6.92 Å². The van der Waals surface area contributed by atoms with Crippen molar-refractivity contribution in [1.29, 1.82) is 0 Å². The number of hydrogen-bond donors (Lipinski definition) is 1. The Morgan fingerprint density at radius 3 is 1.89 bits per heavy atom. The van der Waals surface area contributed by atoms with Crippen molar-refractivity contribution in [2.45, 2.75) is 12.2 Å². The van der Waals surface area contributed by atoms with Gasteiger partial charge in [-0.2, -0.15) is 8.78 Å². The third-order valence-corrected chi connectivity index (χ3v) is 1.58. The lowest BCUT2D eigenvalue weighted by atomic mass is 10.4. The molecule has 0 radical (unpaired) electrons. The van der Waals surface area contributed by atoms with Gasteiger partial charge in [0.15, 0.2) is 0 Å². The Balaban J connectivity index is 4.59. The predicted octanol–water partition coefficient (Wildman–Crippen LogP) is 0.767. The lowest BCUT2D eigenvalue weighted by Gasteiger charge is -2.05. The molecule has 0 aliphatic heterocycles. The van der Waals surface area contributed by atoms with Crippen molar-refractivity contribution in [3.8, 4) is 0 Å². The van der Waals surface area contributed by atoms with E-state index in [1.807, 2.05) is 0 Å². The molecule has 0 unspecified atom stereocenters. The van der Waals surface area contributed by atoms with Crippen molar-refractivity contribution in [2.24, 2.45) is 0 Å². The summed E-state index contributed by atoms with van der Waals surface area (Å²) in [5, 5.41) is -3.74. The summed E-state index contributed by atoms with van der Waals surface area (Å²) < 4.78 is 43.3. The molecule has 0 aromatic heterocycles. The Morgan fingerprint density at radius 1 is 1.56 bits per heavy atom. The van der Waals surface area contributed by atoms with Crippen LogP contribution in [-0.2, 0) is 10.7 Å². The Labute approximate surface area is 53.1 Å². The molecule has 2 nitrogen and oxygen atoms in total. The van der Waals surface area contributed by atoms with Crippen molar-refractivity contribution >= 4 is 10.7 Å². The van der Waals surface area contributed by atoms with E-state index in [2.05, 4.69) is 6.58 Å². The molecule has 0 saturated heterocycles. The molecular weight excluding hydrogens is 150 g/mol. The SMILES string of the molecule is C=C(C)C(F)(F)[SH](=O)=O. The van der Waals surface area contributed by atoms with Gasteiger partial charge in [0.25, 0.3) is 0 Å². The highest BCUT2D eigenvalue weighted by Gasteiger charge is 2.33. The fraction of sp³-hybridized carbons (Fsp3) is 0.500. The first-order valence-corrected chi connectivity index (χ1v) is 3.25. The Hall–Kier alpha value is -0.450. The van der Waals surface area contributed by atoms with E-state index < -0.39 is 21.5 Å². The van der Waals surface area contributed by atoms with Gasteiger partial charge in [-0.15, -0.1) is 0 Å². The molecule has 5 heteroatoms. The van der Waals surface area contributed by atoms with Crippen LogP contribution in [0.4, 0.5) is 8.78 Å². The first-order valence-electron chi connectivity index (χ1n) is 2.07. The molecule has 54 valence electrons.